The predicted molar refractivity (Wildman–Crippen MR) is 54.6 cm³/mol. The van der Waals surface area contributed by atoms with Crippen molar-refractivity contribution in [3.63, 3.8) is 0 Å². The predicted octanol–water partition coefficient (Wildman–Crippen LogP) is 1.49. The zero-order chi connectivity index (χ0) is 8.97. The summed E-state index contributed by atoms with van der Waals surface area (Å²) < 4.78 is 0. The molecule has 0 radical (unpaired) electrons. The highest BCUT2D eigenvalue weighted by Crippen LogP contribution is 1.98. The van der Waals surface area contributed by atoms with Crippen LogP contribution in [0.25, 0.3) is 11.7 Å². The quantitative estimate of drug-likeness (QED) is 0.458. The van der Waals surface area contributed by atoms with Crippen molar-refractivity contribution >= 4 is 29.6 Å². The van der Waals surface area contributed by atoms with Gasteiger partial charge in [-0.2, -0.15) is 0 Å². The molecule has 0 aromatic heterocycles. The molecular formula is C10H10ClN. The van der Waals surface area contributed by atoms with E-state index >= 15 is 0 Å². The van der Waals surface area contributed by atoms with E-state index in [1.165, 1.54) is 0 Å². The first-order valence-electron chi connectivity index (χ1n) is 3.68. The van der Waals surface area contributed by atoms with Gasteiger partial charge in [-0.05, 0) is 12.1 Å². The highest BCUT2D eigenvalue weighted by Gasteiger charge is 1.88. The molecule has 0 aliphatic rings. The van der Waals surface area contributed by atoms with Crippen LogP contribution in [0.15, 0.2) is 29.3 Å². The minimum atomic E-state index is 0.489. The van der Waals surface area contributed by atoms with Crippen LogP contribution in [0.3, 0.4) is 0 Å². The highest BCUT2D eigenvalue weighted by molar-refractivity contribution is 6.45. The Labute approximate surface area is 76.7 Å². The van der Waals surface area contributed by atoms with Gasteiger partial charge in [0.2, 0.25) is 0 Å². The fraction of sp³-hybridized carbons (Fsp3) is 0.100. The molecule has 0 N–H and O–H groups in total. The van der Waals surface area contributed by atoms with Gasteiger partial charge in [0.25, 0.3) is 0 Å². The smallest absolute Gasteiger partial charge is 0.136 e. The number of nitrogens with zero attached hydrogens (tertiary/aromatic N) is 1. The van der Waals surface area contributed by atoms with Gasteiger partial charge in [-0.25, -0.2) is 4.99 Å². The van der Waals surface area contributed by atoms with Crippen molar-refractivity contribution < 1.29 is 0 Å². The van der Waals surface area contributed by atoms with E-state index in [4.69, 9.17) is 11.6 Å². The molecule has 1 aromatic carbocycles. The molecule has 0 aliphatic carbocycles. The summed E-state index contributed by atoms with van der Waals surface area (Å²) in [6.07, 6.45) is 1.66. The topological polar surface area (TPSA) is 12.4 Å². The number of hydrogen-bond acceptors (Lipinski definition) is 1. The van der Waals surface area contributed by atoms with Gasteiger partial charge in [-0.1, -0.05) is 42.4 Å². The molecule has 0 unspecified atom stereocenters. The molecule has 1 aromatic rings. The normalized spacial score (nSPS) is 13.5. The summed E-state index contributed by atoms with van der Waals surface area (Å²) in [6, 6.07) is 7.64. The van der Waals surface area contributed by atoms with E-state index in [-0.39, 0.29) is 0 Å². The first kappa shape index (κ1) is 9.01. The Kier molecular flexibility index (Phi) is 3.06. The van der Waals surface area contributed by atoms with E-state index in [2.05, 4.69) is 11.6 Å². The molecule has 0 bridgehead atoms. The third-order valence-corrected chi connectivity index (χ3v) is 1.78. The van der Waals surface area contributed by atoms with Crippen LogP contribution in [-0.2, 0) is 0 Å². The minimum absolute atomic E-state index is 0.489. The molecule has 1 nitrogen and oxygen atoms in total. The molecule has 12 heavy (non-hydrogen) atoms. The largest absolute Gasteiger partial charge is 0.249 e. The summed E-state index contributed by atoms with van der Waals surface area (Å²) in [7, 11) is 0. The van der Waals surface area contributed by atoms with E-state index in [1.807, 2.05) is 31.2 Å². The van der Waals surface area contributed by atoms with Gasteiger partial charge < -0.3 is 0 Å². The average molecular weight is 180 g/mol. The molecule has 0 saturated heterocycles. The number of hydrogen-bond donors (Lipinski definition) is 0. The summed E-state index contributed by atoms with van der Waals surface area (Å²) in [5.74, 6) is 0. The van der Waals surface area contributed by atoms with Gasteiger partial charge in [0, 0.05) is 11.4 Å². The lowest BCUT2D eigenvalue weighted by atomic mass is 10.2. The maximum atomic E-state index is 5.89. The summed E-state index contributed by atoms with van der Waals surface area (Å²) in [6.45, 7) is 5.67. The van der Waals surface area contributed by atoms with E-state index in [1.54, 1.807) is 6.21 Å². The first-order valence-corrected chi connectivity index (χ1v) is 4.06. The molecule has 0 spiro atoms. The van der Waals surface area contributed by atoms with Gasteiger partial charge in [0.1, 0.15) is 5.16 Å². The lowest BCUT2D eigenvalue weighted by Gasteiger charge is -1.89. The fourth-order valence-electron chi connectivity index (χ4n) is 0.904. The van der Waals surface area contributed by atoms with Gasteiger partial charge in [0.15, 0.2) is 0 Å². The van der Waals surface area contributed by atoms with Crippen molar-refractivity contribution in [3.8, 4) is 0 Å². The molecule has 0 heterocycles. The average Bonchev–Trinajstić information content (AvgIpc) is 2.05. The molecule has 62 valence electrons. The van der Waals surface area contributed by atoms with E-state index in [0.29, 0.717) is 5.16 Å². The van der Waals surface area contributed by atoms with Crippen LogP contribution in [0.2, 0.25) is 0 Å². The molecule has 0 amide bonds. The molecule has 0 saturated carbocycles. The molecule has 0 aliphatic heterocycles. The van der Waals surface area contributed by atoms with Crippen LogP contribution in [0.5, 0.6) is 0 Å². The Morgan fingerprint density at radius 1 is 1.50 bits per heavy atom. The number of aliphatic imine (C=N–C) groups is 1. The Morgan fingerprint density at radius 3 is 2.75 bits per heavy atom. The van der Waals surface area contributed by atoms with Crippen LogP contribution in [0.4, 0.5) is 0 Å². The Balaban J connectivity index is 3.45. The Morgan fingerprint density at radius 2 is 2.17 bits per heavy atom. The van der Waals surface area contributed by atoms with Gasteiger partial charge in [-0.15, -0.1) is 0 Å². The maximum Gasteiger partial charge on any atom is 0.136 e. The molecule has 1 rings (SSSR count). The van der Waals surface area contributed by atoms with Gasteiger partial charge >= 0.3 is 0 Å². The lowest BCUT2D eigenvalue weighted by molar-refractivity contribution is 1.48. The monoisotopic (exact) mass is 179 g/mol. The zero-order valence-corrected chi connectivity index (χ0v) is 7.67. The number of halogens is 1. The second-order valence-electron chi connectivity index (χ2n) is 2.34. The second-order valence-corrected chi connectivity index (χ2v) is 2.69. The van der Waals surface area contributed by atoms with E-state index in [9.17, 15) is 0 Å². The number of rotatable bonds is 1. The minimum Gasteiger partial charge on any atom is -0.249 e. The first-order chi connectivity index (χ1) is 5.75. The van der Waals surface area contributed by atoms with Crippen LogP contribution >= 0.6 is 11.6 Å². The summed E-state index contributed by atoms with van der Waals surface area (Å²) in [4.78, 5) is 3.97. The van der Waals surface area contributed by atoms with E-state index < -0.39 is 0 Å². The van der Waals surface area contributed by atoms with Crippen LogP contribution < -0.4 is 10.4 Å². The van der Waals surface area contributed by atoms with Crippen LogP contribution in [0, 0.1) is 0 Å². The number of benzene rings is 1. The highest BCUT2D eigenvalue weighted by atomic mass is 35.5. The van der Waals surface area contributed by atoms with Crippen molar-refractivity contribution in [1.82, 2.24) is 0 Å². The molecule has 0 atom stereocenters. The van der Waals surface area contributed by atoms with Crippen molar-refractivity contribution in [2.24, 2.45) is 4.99 Å². The summed E-state index contributed by atoms with van der Waals surface area (Å²) in [5.41, 5.74) is 0. The third kappa shape index (κ3) is 1.95. The molecule has 2 heteroatoms. The molecule has 0 fully saturated rings. The standard InChI is InChI=1S/C10H10ClN/c1-3-12-10(11)9-7-5-4-6-8(9)2/h3-7H,2H2,1H3/b10-9-,12-3-. The van der Waals surface area contributed by atoms with Gasteiger partial charge in [0.05, 0.1) is 0 Å². The van der Waals surface area contributed by atoms with Gasteiger partial charge in [-0.3, -0.25) is 0 Å². The van der Waals surface area contributed by atoms with Crippen molar-refractivity contribution in [1.29, 1.82) is 0 Å². The Hall–Kier alpha value is -1.08. The van der Waals surface area contributed by atoms with Crippen LogP contribution in [-0.4, -0.2) is 6.21 Å². The SMILES string of the molecule is C=c1cccc/c1=C(Cl)/N=C\C. The maximum absolute atomic E-state index is 5.89. The van der Waals surface area contributed by atoms with Crippen molar-refractivity contribution in [2.75, 3.05) is 0 Å². The Bertz CT molecular complexity index is 393. The third-order valence-electron chi connectivity index (χ3n) is 1.48. The molecular weight excluding hydrogens is 170 g/mol. The van der Waals surface area contributed by atoms with E-state index in [0.717, 1.165) is 10.4 Å². The fourth-order valence-corrected chi connectivity index (χ4v) is 1.19. The lowest BCUT2D eigenvalue weighted by Crippen LogP contribution is -2.23. The summed E-state index contributed by atoms with van der Waals surface area (Å²) in [5, 5.41) is 2.27. The van der Waals surface area contributed by atoms with Crippen LogP contribution in [0.1, 0.15) is 6.92 Å². The van der Waals surface area contributed by atoms with Crippen molar-refractivity contribution in [3.05, 3.63) is 34.7 Å². The summed E-state index contributed by atoms with van der Waals surface area (Å²) >= 11 is 5.89. The second kappa shape index (κ2) is 4.07. The zero-order valence-electron chi connectivity index (χ0n) is 6.92. The van der Waals surface area contributed by atoms with Crippen molar-refractivity contribution in [2.45, 2.75) is 6.92 Å².